The second-order valence-corrected chi connectivity index (χ2v) is 3.91. The van der Waals surface area contributed by atoms with Crippen LogP contribution in [0.3, 0.4) is 0 Å². The summed E-state index contributed by atoms with van der Waals surface area (Å²) < 4.78 is 0. The summed E-state index contributed by atoms with van der Waals surface area (Å²) in [7, 11) is 0. The van der Waals surface area contributed by atoms with Crippen LogP contribution in [0.15, 0.2) is 12.2 Å². The van der Waals surface area contributed by atoms with E-state index in [0.29, 0.717) is 12.3 Å². The normalized spacial score (nSPS) is 20.6. The van der Waals surface area contributed by atoms with Gasteiger partial charge >= 0.3 is 0 Å². The summed E-state index contributed by atoms with van der Waals surface area (Å²) in [5.41, 5.74) is 0.780. The van der Waals surface area contributed by atoms with Crippen molar-refractivity contribution < 1.29 is 4.79 Å². The molecule has 1 fully saturated rings. The first kappa shape index (κ1) is 9.46. The maximum atomic E-state index is 11.1. The van der Waals surface area contributed by atoms with Crippen LogP contribution in [0.5, 0.6) is 0 Å². The van der Waals surface area contributed by atoms with Gasteiger partial charge in [-0.25, -0.2) is 0 Å². The molecule has 0 bridgehead atoms. The van der Waals surface area contributed by atoms with E-state index < -0.39 is 0 Å². The number of likely N-dealkylation sites (tertiary alicyclic amines) is 1. The predicted octanol–water partition coefficient (Wildman–Crippen LogP) is 1.47. The fourth-order valence-electron chi connectivity index (χ4n) is 1.55. The van der Waals surface area contributed by atoms with Crippen molar-refractivity contribution in [3.63, 3.8) is 0 Å². The van der Waals surface area contributed by atoms with Crippen molar-refractivity contribution in [2.24, 2.45) is 5.92 Å². The second kappa shape index (κ2) is 3.85. The Hall–Kier alpha value is -0.630. The summed E-state index contributed by atoms with van der Waals surface area (Å²) >= 11 is 0. The SMILES string of the molecule is C=C1CN(CC(C)C)CCC1=O. The maximum Gasteiger partial charge on any atom is 0.160 e. The third kappa shape index (κ3) is 2.45. The summed E-state index contributed by atoms with van der Waals surface area (Å²) in [4.78, 5) is 13.4. The highest BCUT2D eigenvalue weighted by Crippen LogP contribution is 2.11. The number of carbonyl (C=O) groups excluding carboxylic acids is 1. The number of carbonyl (C=O) groups is 1. The first-order chi connectivity index (χ1) is 5.59. The molecule has 0 unspecified atom stereocenters. The molecule has 0 aliphatic carbocycles. The van der Waals surface area contributed by atoms with Crippen LogP contribution in [0.25, 0.3) is 0 Å². The lowest BCUT2D eigenvalue weighted by molar-refractivity contribution is -0.117. The van der Waals surface area contributed by atoms with Gasteiger partial charge in [0, 0.05) is 31.6 Å². The summed E-state index contributed by atoms with van der Waals surface area (Å²) in [6.45, 7) is 10.9. The van der Waals surface area contributed by atoms with Crippen molar-refractivity contribution in [1.82, 2.24) is 4.90 Å². The largest absolute Gasteiger partial charge is 0.298 e. The van der Waals surface area contributed by atoms with Crippen LogP contribution < -0.4 is 0 Å². The lowest BCUT2D eigenvalue weighted by Gasteiger charge is -2.28. The van der Waals surface area contributed by atoms with Crippen LogP contribution in [0.4, 0.5) is 0 Å². The van der Waals surface area contributed by atoms with Crippen molar-refractivity contribution in [2.45, 2.75) is 20.3 Å². The van der Waals surface area contributed by atoms with Crippen LogP contribution in [0.2, 0.25) is 0 Å². The van der Waals surface area contributed by atoms with Crippen LogP contribution in [0, 0.1) is 5.92 Å². The van der Waals surface area contributed by atoms with E-state index in [1.165, 1.54) is 0 Å². The third-order valence-electron chi connectivity index (χ3n) is 2.09. The van der Waals surface area contributed by atoms with E-state index in [-0.39, 0.29) is 5.78 Å². The summed E-state index contributed by atoms with van der Waals surface area (Å²) in [5, 5.41) is 0. The Morgan fingerprint density at radius 1 is 1.58 bits per heavy atom. The lowest BCUT2D eigenvalue weighted by Crippen LogP contribution is -2.37. The number of hydrogen-bond donors (Lipinski definition) is 0. The average molecular weight is 167 g/mol. The summed E-state index contributed by atoms with van der Waals surface area (Å²) in [6.07, 6.45) is 0.658. The maximum absolute atomic E-state index is 11.1. The van der Waals surface area contributed by atoms with E-state index in [2.05, 4.69) is 25.3 Å². The molecule has 1 heterocycles. The summed E-state index contributed by atoms with van der Waals surface area (Å²) in [5.74, 6) is 0.918. The summed E-state index contributed by atoms with van der Waals surface area (Å²) in [6, 6.07) is 0. The van der Waals surface area contributed by atoms with Crippen molar-refractivity contribution in [2.75, 3.05) is 19.6 Å². The Balaban J connectivity index is 2.40. The molecule has 1 aliphatic heterocycles. The Kier molecular flexibility index (Phi) is 3.04. The number of nitrogens with zero attached hydrogens (tertiary/aromatic N) is 1. The molecule has 0 aromatic heterocycles. The van der Waals surface area contributed by atoms with E-state index in [1.807, 2.05) is 0 Å². The van der Waals surface area contributed by atoms with Gasteiger partial charge in [0.2, 0.25) is 0 Å². The minimum Gasteiger partial charge on any atom is -0.298 e. The van der Waals surface area contributed by atoms with Crippen LogP contribution in [-0.2, 0) is 4.79 Å². The zero-order valence-electron chi connectivity index (χ0n) is 7.97. The monoisotopic (exact) mass is 167 g/mol. The lowest BCUT2D eigenvalue weighted by atomic mass is 10.0. The van der Waals surface area contributed by atoms with Crippen LogP contribution in [-0.4, -0.2) is 30.3 Å². The Morgan fingerprint density at radius 3 is 2.75 bits per heavy atom. The standard InChI is InChI=1S/C10H17NO/c1-8(2)6-11-5-4-10(12)9(3)7-11/h8H,3-7H2,1-2H3. The molecule has 0 spiro atoms. The molecule has 0 radical (unpaired) electrons. The molecule has 0 amide bonds. The minimum atomic E-state index is 0.245. The van der Waals surface area contributed by atoms with E-state index in [9.17, 15) is 4.79 Å². The topological polar surface area (TPSA) is 20.3 Å². The Morgan fingerprint density at radius 2 is 2.25 bits per heavy atom. The zero-order valence-corrected chi connectivity index (χ0v) is 7.97. The minimum absolute atomic E-state index is 0.245. The van der Waals surface area contributed by atoms with Gasteiger partial charge in [-0.3, -0.25) is 9.69 Å². The van der Waals surface area contributed by atoms with Crippen LogP contribution in [0.1, 0.15) is 20.3 Å². The van der Waals surface area contributed by atoms with E-state index in [0.717, 1.165) is 25.2 Å². The van der Waals surface area contributed by atoms with Crippen molar-refractivity contribution in [3.8, 4) is 0 Å². The second-order valence-electron chi connectivity index (χ2n) is 3.91. The molecule has 0 atom stereocenters. The van der Waals surface area contributed by atoms with Gasteiger partial charge in [0.15, 0.2) is 5.78 Å². The number of ketones is 1. The zero-order chi connectivity index (χ0) is 9.14. The van der Waals surface area contributed by atoms with Gasteiger partial charge in [0.25, 0.3) is 0 Å². The molecule has 0 aromatic rings. The number of piperidine rings is 1. The molecule has 1 saturated heterocycles. The van der Waals surface area contributed by atoms with E-state index in [1.54, 1.807) is 0 Å². The third-order valence-corrected chi connectivity index (χ3v) is 2.09. The van der Waals surface area contributed by atoms with Crippen LogP contribution >= 0.6 is 0 Å². The molecule has 0 aromatic carbocycles. The fraction of sp³-hybridized carbons (Fsp3) is 0.700. The Labute approximate surface area is 74.2 Å². The Bertz CT molecular complexity index is 196. The molecule has 0 N–H and O–H groups in total. The van der Waals surface area contributed by atoms with Crippen molar-refractivity contribution >= 4 is 5.78 Å². The molecule has 68 valence electrons. The van der Waals surface area contributed by atoms with E-state index >= 15 is 0 Å². The molecular formula is C10H17NO. The number of rotatable bonds is 2. The van der Waals surface area contributed by atoms with Crippen molar-refractivity contribution in [3.05, 3.63) is 12.2 Å². The van der Waals surface area contributed by atoms with Gasteiger partial charge in [0.05, 0.1) is 0 Å². The van der Waals surface area contributed by atoms with Gasteiger partial charge in [-0.1, -0.05) is 20.4 Å². The number of hydrogen-bond acceptors (Lipinski definition) is 2. The first-order valence-electron chi connectivity index (χ1n) is 4.53. The molecule has 12 heavy (non-hydrogen) atoms. The molecular weight excluding hydrogens is 150 g/mol. The van der Waals surface area contributed by atoms with E-state index in [4.69, 9.17) is 0 Å². The van der Waals surface area contributed by atoms with Gasteiger partial charge in [-0.05, 0) is 5.92 Å². The van der Waals surface area contributed by atoms with Gasteiger partial charge in [-0.2, -0.15) is 0 Å². The quantitative estimate of drug-likeness (QED) is 0.580. The highest BCUT2D eigenvalue weighted by Gasteiger charge is 2.19. The van der Waals surface area contributed by atoms with Gasteiger partial charge in [0.1, 0.15) is 0 Å². The molecule has 2 nitrogen and oxygen atoms in total. The fourth-order valence-corrected chi connectivity index (χ4v) is 1.55. The van der Waals surface area contributed by atoms with Gasteiger partial charge in [-0.15, -0.1) is 0 Å². The number of Topliss-reactive ketones (excluding diaryl/α,β-unsaturated/α-hetero) is 1. The highest BCUT2D eigenvalue weighted by atomic mass is 16.1. The molecule has 1 aliphatic rings. The molecule has 0 saturated carbocycles. The van der Waals surface area contributed by atoms with Gasteiger partial charge < -0.3 is 0 Å². The average Bonchev–Trinajstić information content (AvgIpc) is 1.96. The predicted molar refractivity (Wildman–Crippen MR) is 50.0 cm³/mol. The molecule has 2 heteroatoms. The first-order valence-corrected chi connectivity index (χ1v) is 4.53. The molecule has 1 rings (SSSR count). The smallest absolute Gasteiger partial charge is 0.160 e. The van der Waals surface area contributed by atoms with Crippen molar-refractivity contribution in [1.29, 1.82) is 0 Å². The highest BCUT2D eigenvalue weighted by molar-refractivity contribution is 5.95.